The molecule has 2 aromatic heterocycles. The SMILES string of the molecule is Cc1cc(N2CC(n3cc(C#N)cn3)C2)ncn1. The van der Waals surface area contributed by atoms with Crippen LogP contribution in [0.1, 0.15) is 17.3 Å². The summed E-state index contributed by atoms with van der Waals surface area (Å²) in [6.45, 7) is 3.68. The summed E-state index contributed by atoms with van der Waals surface area (Å²) in [4.78, 5) is 10.5. The summed E-state index contributed by atoms with van der Waals surface area (Å²) < 4.78 is 1.85. The minimum Gasteiger partial charge on any atom is -0.352 e. The molecule has 90 valence electrons. The van der Waals surface area contributed by atoms with Gasteiger partial charge in [-0.05, 0) is 6.92 Å². The molecule has 3 rings (SSSR count). The Balaban J connectivity index is 1.68. The van der Waals surface area contributed by atoms with Crippen molar-refractivity contribution in [3.05, 3.63) is 36.0 Å². The quantitative estimate of drug-likeness (QED) is 0.780. The van der Waals surface area contributed by atoms with Crippen LogP contribution in [0.3, 0.4) is 0 Å². The van der Waals surface area contributed by atoms with Crippen LogP contribution in [0.15, 0.2) is 24.8 Å². The third-order valence-electron chi connectivity index (χ3n) is 3.08. The summed E-state index contributed by atoms with van der Waals surface area (Å²) in [6, 6.07) is 4.38. The summed E-state index contributed by atoms with van der Waals surface area (Å²) in [5.74, 6) is 0.950. The highest BCUT2D eigenvalue weighted by molar-refractivity contribution is 5.42. The van der Waals surface area contributed by atoms with Crippen molar-refractivity contribution in [2.24, 2.45) is 0 Å². The fourth-order valence-electron chi connectivity index (χ4n) is 2.02. The van der Waals surface area contributed by atoms with Crippen LogP contribution in [0.5, 0.6) is 0 Å². The van der Waals surface area contributed by atoms with E-state index in [2.05, 4.69) is 26.0 Å². The summed E-state index contributed by atoms with van der Waals surface area (Å²) in [5.41, 5.74) is 1.57. The second kappa shape index (κ2) is 4.11. The van der Waals surface area contributed by atoms with Gasteiger partial charge in [0.05, 0.1) is 17.8 Å². The van der Waals surface area contributed by atoms with Crippen molar-refractivity contribution in [2.75, 3.05) is 18.0 Å². The number of aromatic nitrogens is 4. The van der Waals surface area contributed by atoms with Crippen molar-refractivity contribution in [3.8, 4) is 6.07 Å². The van der Waals surface area contributed by atoms with Gasteiger partial charge in [0.2, 0.25) is 0 Å². The average Bonchev–Trinajstić information content (AvgIpc) is 2.76. The largest absolute Gasteiger partial charge is 0.352 e. The van der Waals surface area contributed by atoms with E-state index in [9.17, 15) is 0 Å². The number of hydrogen-bond donors (Lipinski definition) is 0. The Labute approximate surface area is 105 Å². The van der Waals surface area contributed by atoms with Gasteiger partial charge in [-0.2, -0.15) is 10.4 Å². The Morgan fingerprint density at radius 2 is 2.22 bits per heavy atom. The zero-order chi connectivity index (χ0) is 12.5. The highest BCUT2D eigenvalue weighted by atomic mass is 15.4. The Bertz CT molecular complexity index is 605. The van der Waals surface area contributed by atoms with Gasteiger partial charge in [-0.25, -0.2) is 9.97 Å². The maximum absolute atomic E-state index is 8.75. The molecule has 6 nitrogen and oxygen atoms in total. The van der Waals surface area contributed by atoms with Gasteiger partial charge in [0.1, 0.15) is 18.2 Å². The molecule has 0 amide bonds. The monoisotopic (exact) mass is 240 g/mol. The lowest BCUT2D eigenvalue weighted by Crippen LogP contribution is -2.48. The molecule has 0 aromatic carbocycles. The molecule has 18 heavy (non-hydrogen) atoms. The first-order chi connectivity index (χ1) is 8.76. The molecule has 0 aliphatic carbocycles. The molecule has 3 heterocycles. The third-order valence-corrected chi connectivity index (χ3v) is 3.08. The highest BCUT2D eigenvalue weighted by Gasteiger charge is 2.29. The summed E-state index contributed by atoms with van der Waals surface area (Å²) >= 11 is 0. The summed E-state index contributed by atoms with van der Waals surface area (Å²) in [5, 5.41) is 12.9. The van der Waals surface area contributed by atoms with Crippen LogP contribution >= 0.6 is 0 Å². The van der Waals surface area contributed by atoms with Gasteiger partial charge in [-0.15, -0.1) is 0 Å². The van der Waals surface area contributed by atoms with Crippen LogP contribution in [0.4, 0.5) is 5.82 Å². The molecule has 0 spiro atoms. The molecule has 1 aliphatic heterocycles. The minimum absolute atomic E-state index is 0.322. The maximum Gasteiger partial charge on any atom is 0.132 e. The molecule has 2 aromatic rings. The van der Waals surface area contributed by atoms with Crippen LogP contribution in [0.25, 0.3) is 0 Å². The van der Waals surface area contributed by atoms with Crippen LogP contribution in [0, 0.1) is 18.3 Å². The molecule has 1 aliphatic rings. The lowest BCUT2D eigenvalue weighted by atomic mass is 10.1. The van der Waals surface area contributed by atoms with E-state index < -0.39 is 0 Å². The van der Waals surface area contributed by atoms with Crippen LogP contribution in [0.2, 0.25) is 0 Å². The molecule has 1 fully saturated rings. The number of hydrogen-bond acceptors (Lipinski definition) is 5. The van der Waals surface area contributed by atoms with Crippen LogP contribution < -0.4 is 4.90 Å². The van der Waals surface area contributed by atoms with Crippen molar-refractivity contribution in [2.45, 2.75) is 13.0 Å². The van der Waals surface area contributed by atoms with E-state index in [-0.39, 0.29) is 0 Å². The number of aryl methyl sites for hydroxylation is 1. The first-order valence-electron chi connectivity index (χ1n) is 5.74. The van der Waals surface area contributed by atoms with Gasteiger partial charge in [-0.3, -0.25) is 4.68 Å². The zero-order valence-corrected chi connectivity index (χ0v) is 9.98. The molecular weight excluding hydrogens is 228 g/mol. The highest BCUT2D eigenvalue weighted by Crippen LogP contribution is 2.25. The molecule has 1 saturated heterocycles. The molecule has 0 bridgehead atoms. The Morgan fingerprint density at radius 1 is 1.39 bits per heavy atom. The Kier molecular flexibility index (Phi) is 2.45. The van der Waals surface area contributed by atoms with E-state index in [1.165, 1.54) is 0 Å². The summed E-state index contributed by atoms with van der Waals surface area (Å²) in [6.07, 6.45) is 4.96. The fraction of sp³-hybridized carbons (Fsp3) is 0.333. The normalized spacial score (nSPS) is 15.2. The van der Waals surface area contributed by atoms with E-state index in [1.54, 1.807) is 18.7 Å². The molecular formula is C12H12N6. The smallest absolute Gasteiger partial charge is 0.132 e. The molecule has 6 heteroatoms. The van der Waals surface area contributed by atoms with Crippen molar-refractivity contribution in [1.82, 2.24) is 19.7 Å². The predicted octanol–water partition coefficient (Wildman–Crippen LogP) is 0.914. The molecule has 0 atom stereocenters. The topological polar surface area (TPSA) is 70.6 Å². The molecule has 0 N–H and O–H groups in total. The van der Waals surface area contributed by atoms with E-state index in [4.69, 9.17) is 5.26 Å². The standard InChI is InChI=1S/C12H12N6/c1-9-2-12(15-8-14-9)17-6-11(7-17)18-5-10(3-13)4-16-18/h2,4-5,8,11H,6-7H2,1H3. The third kappa shape index (κ3) is 1.80. The van der Waals surface area contributed by atoms with Gasteiger partial charge in [0.15, 0.2) is 0 Å². The number of anilines is 1. The van der Waals surface area contributed by atoms with Crippen molar-refractivity contribution in [1.29, 1.82) is 5.26 Å². The molecule has 0 unspecified atom stereocenters. The first-order valence-corrected chi connectivity index (χ1v) is 5.74. The van der Waals surface area contributed by atoms with E-state index >= 15 is 0 Å². The minimum atomic E-state index is 0.322. The van der Waals surface area contributed by atoms with Gasteiger partial charge in [-0.1, -0.05) is 0 Å². The second-order valence-electron chi connectivity index (χ2n) is 4.40. The van der Waals surface area contributed by atoms with E-state index in [1.807, 2.05) is 17.7 Å². The van der Waals surface area contributed by atoms with E-state index in [0.29, 0.717) is 11.6 Å². The lowest BCUT2D eigenvalue weighted by Gasteiger charge is -2.40. The predicted molar refractivity (Wildman–Crippen MR) is 65.0 cm³/mol. The first kappa shape index (κ1) is 10.7. The fourth-order valence-corrected chi connectivity index (χ4v) is 2.02. The van der Waals surface area contributed by atoms with Crippen molar-refractivity contribution in [3.63, 3.8) is 0 Å². The zero-order valence-electron chi connectivity index (χ0n) is 9.98. The van der Waals surface area contributed by atoms with Gasteiger partial charge >= 0.3 is 0 Å². The van der Waals surface area contributed by atoms with Crippen molar-refractivity contribution < 1.29 is 0 Å². The van der Waals surface area contributed by atoms with Crippen LogP contribution in [-0.4, -0.2) is 32.8 Å². The second-order valence-corrected chi connectivity index (χ2v) is 4.40. The molecule has 0 radical (unpaired) electrons. The summed E-state index contributed by atoms with van der Waals surface area (Å²) in [7, 11) is 0. The van der Waals surface area contributed by atoms with Gasteiger partial charge in [0.25, 0.3) is 0 Å². The van der Waals surface area contributed by atoms with Crippen LogP contribution in [-0.2, 0) is 0 Å². The average molecular weight is 240 g/mol. The number of nitriles is 1. The van der Waals surface area contributed by atoms with Gasteiger partial charge in [0, 0.05) is 31.0 Å². The maximum atomic E-state index is 8.75. The van der Waals surface area contributed by atoms with Crippen molar-refractivity contribution >= 4 is 5.82 Å². The number of nitrogens with zero attached hydrogens (tertiary/aromatic N) is 6. The molecule has 0 saturated carbocycles. The lowest BCUT2D eigenvalue weighted by molar-refractivity contribution is 0.365. The van der Waals surface area contributed by atoms with Gasteiger partial charge < -0.3 is 4.90 Å². The Hall–Kier alpha value is -2.42. The van der Waals surface area contributed by atoms with E-state index in [0.717, 1.165) is 24.6 Å². The number of rotatable bonds is 2. The Morgan fingerprint density at radius 3 is 2.89 bits per heavy atom.